The lowest BCUT2D eigenvalue weighted by molar-refractivity contribution is -0.119. The molecule has 1 amide bonds. The topological polar surface area (TPSA) is 59.8 Å². The summed E-state index contributed by atoms with van der Waals surface area (Å²) in [6, 6.07) is 10.2. The van der Waals surface area contributed by atoms with E-state index in [0.717, 1.165) is 24.4 Å². The van der Waals surface area contributed by atoms with Gasteiger partial charge in [-0.1, -0.05) is 36.9 Å². The Bertz CT molecular complexity index is 635. The van der Waals surface area contributed by atoms with Crippen LogP contribution in [0.25, 0.3) is 5.69 Å². The van der Waals surface area contributed by atoms with E-state index in [1.165, 1.54) is 24.6 Å². The first-order valence-corrected chi connectivity index (χ1v) is 9.08. The van der Waals surface area contributed by atoms with Gasteiger partial charge >= 0.3 is 0 Å². The molecule has 122 valence electrons. The first-order chi connectivity index (χ1) is 11.2. The normalized spacial score (nSPS) is 21.1. The summed E-state index contributed by atoms with van der Waals surface area (Å²) >= 11 is 1.38. The van der Waals surface area contributed by atoms with Crippen LogP contribution < -0.4 is 5.32 Å². The number of rotatable bonds is 5. The Kier molecular flexibility index (Phi) is 5.33. The van der Waals surface area contributed by atoms with Crippen molar-refractivity contribution >= 4 is 17.7 Å². The predicted octanol–water partition coefficient (Wildman–Crippen LogP) is 3.05. The molecular formula is C17H22N4OS. The zero-order valence-corrected chi connectivity index (χ0v) is 14.1. The molecule has 1 aromatic carbocycles. The molecule has 1 saturated carbocycles. The van der Waals surface area contributed by atoms with Gasteiger partial charge in [0.1, 0.15) is 6.33 Å². The van der Waals surface area contributed by atoms with Gasteiger partial charge in [0, 0.05) is 6.04 Å². The molecule has 1 aromatic heterocycles. The summed E-state index contributed by atoms with van der Waals surface area (Å²) < 4.78 is 1.72. The zero-order chi connectivity index (χ0) is 16.1. The highest BCUT2D eigenvalue weighted by molar-refractivity contribution is 7.99. The van der Waals surface area contributed by atoms with Crippen molar-refractivity contribution in [3.05, 3.63) is 36.7 Å². The zero-order valence-electron chi connectivity index (χ0n) is 13.3. The molecule has 0 spiro atoms. The fourth-order valence-corrected chi connectivity index (χ4v) is 3.43. The number of amides is 1. The van der Waals surface area contributed by atoms with Crippen LogP contribution in [0.4, 0.5) is 0 Å². The number of aromatic nitrogens is 3. The van der Waals surface area contributed by atoms with Crippen LogP contribution in [0.5, 0.6) is 0 Å². The summed E-state index contributed by atoms with van der Waals surface area (Å²) in [5.41, 5.74) is 0.965. The Labute approximate surface area is 140 Å². The molecule has 2 aromatic rings. The summed E-state index contributed by atoms with van der Waals surface area (Å²) in [6.45, 7) is 2.28. The van der Waals surface area contributed by atoms with Crippen molar-refractivity contribution in [3.63, 3.8) is 0 Å². The molecule has 0 aliphatic heterocycles. The van der Waals surface area contributed by atoms with E-state index in [0.29, 0.717) is 17.0 Å². The minimum absolute atomic E-state index is 0.0746. The molecule has 5 nitrogen and oxygen atoms in total. The smallest absolute Gasteiger partial charge is 0.230 e. The largest absolute Gasteiger partial charge is 0.353 e. The monoisotopic (exact) mass is 330 g/mol. The fraction of sp³-hybridized carbons (Fsp3) is 0.471. The molecule has 1 N–H and O–H groups in total. The number of benzene rings is 1. The van der Waals surface area contributed by atoms with E-state index < -0.39 is 0 Å². The number of nitrogens with one attached hydrogen (secondary N) is 1. The number of carbonyl (C=O) groups excluding carboxylic acids is 1. The Hall–Kier alpha value is -1.82. The summed E-state index contributed by atoms with van der Waals surface area (Å²) in [5, 5.41) is 8.15. The lowest BCUT2D eigenvalue weighted by atomic mass is 9.87. The summed E-state index contributed by atoms with van der Waals surface area (Å²) in [5.74, 6) is 1.24. The quantitative estimate of drug-likeness (QED) is 0.856. The van der Waals surface area contributed by atoms with Crippen LogP contribution in [0, 0.1) is 5.92 Å². The van der Waals surface area contributed by atoms with Crippen LogP contribution in [0.15, 0.2) is 41.8 Å². The third kappa shape index (κ3) is 4.58. The molecule has 3 rings (SSSR count). The van der Waals surface area contributed by atoms with Gasteiger partial charge < -0.3 is 5.32 Å². The van der Waals surface area contributed by atoms with Crippen LogP contribution in [0.3, 0.4) is 0 Å². The summed E-state index contributed by atoms with van der Waals surface area (Å²) in [7, 11) is 0. The number of hydrogen-bond acceptors (Lipinski definition) is 4. The highest BCUT2D eigenvalue weighted by Crippen LogP contribution is 2.23. The van der Waals surface area contributed by atoms with E-state index in [1.807, 2.05) is 30.3 Å². The molecule has 1 heterocycles. The van der Waals surface area contributed by atoms with Gasteiger partial charge in [-0.2, -0.15) is 0 Å². The van der Waals surface area contributed by atoms with E-state index in [4.69, 9.17) is 0 Å². The Morgan fingerprint density at radius 3 is 2.74 bits per heavy atom. The third-order valence-corrected chi connectivity index (χ3v) is 5.06. The Morgan fingerprint density at radius 2 is 2.00 bits per heavy atom. The second-order valence-corrected chi connectivity index (χ2v) is 7.06. The average Bonchev–Trinajstić information content (AvgIpc) is 3.05. The third-order valence-electron chi connectivity index (χ3n) is 4.20. The van der Waals surface area contributed by atoms with Gasteiger partial charge in [-0.25, -0.2) is 9.67 Å². The second kappa shape index (κ2) is 7.64. The van der Waals surface area contributed by atoms with Crippen LogP contribution in [0.1, 0.15) is 32.6 Å². The minimum atomic E-state index is 0.0746. The van der Waals surface area contributed by atoms with Crippen molar-refractivity contribution in [2.45, 2.75) is 43.8 Å². The molecule has 0 radical (unpaired) electrons. The minimum Gasteiger partial charge on any atom is -0.353 e. The van der Waals surface area contributed by atoms with Crippen molar-refractivity contribution in [1.82, 2.24) is 20.1 Å². The molecule has 1 aliphatic carbocycles. The highest BCUT2D eigenvalue weighted by Gasteiger charge is 2.19. The molecule has 1 aliphatic rings. The first kappa shape index (κ1) is 16.1. The molecule has 0 unspecified atom stereocenters. The number of nitrogens with zero attached hydrogens (tertiary/aromatic N) is 3. The standard InChI is InChI=1S/C17H22N4OS/c1-13-7-9-14(10-8-13)19-16(22)11-23-17-18-12-21(20-17)15-5-3-2-4-6-15/h2-6,12-14H,7-11H2,1H3,(H,19,22). The Morgan fingerprint density at radius 1 is 1.26 bits per heavy atom. The maximum absolute atomic E-state index is 12.0. The maximum atomic E-state index is 12.0. The molecule has 0 saturated heterocycles. The van der Waals surface area contributed by atoms with Crippen LogP contribution >= 0.6 is 11.8 Å². The summed E-state index contributed by atoms with van der Waals surface area (Å²) in [4.78, 5) is 16.3. The number of carbonyl (C=O) groups is 1. The molecule has 0 atom stereocenters. The molecule has 6 heteroatoms. The van der Waals surface area contributed by atoms with Crippen molar-refractivity contribution in [3.8, 4) is 5.69 Å². The molecular weight excluding hydrogens is 308 g/mol. The number of thioether (sulfide) groups is 1. The van der Waals surface area contributed by atoms with E-state index in [9.17, 15) is 4.79 Å². The Balaban J connectivity index is 1.47. The predicted molar refractivity (Wildman–Crippen MR) is 91.6 cm³/mol. The van der Waals surface area contributed by atoms with Crippen LogP contribution in [-0.2, 0) is 4.79 Å². The van der Waals surface area contributed by atoms with Gasteiger partial charge in [0.15, 0.2) is 0 Å². The van der Waals surface area contributed by atoms with Crippen molar-refractivity contribution < 1.29 is 4.79 Å². The van der Waals surface area contributed by atoms with Crippen LogP contribution in [-0.4, -0.2) is 32.5 Å². The SMILES string of the molecule is CC1CCC(NC(=O)CSc2ncn(-c3ccccc3)n2)CC1. The van der Waals surface area contributed by atoms with Gasteiger partial charge in [-0.3, -0.25) is 4.79 Å². The molecule has 0 bridgehead atoms. The van der Waals surface area contributed by atoms with E-state index in [2.05, 4.69) is 22.3 Å². The maximum Gasteiger partial charge on any atom is 0.230 e. The van der Waals surface area contributed by atoms with E-state index >= 15 is 0 Å². The van der Waals surface area contributed by atoms with Crippen molar-refractivity contribution in [1.29, 1.82) is 0 Å². The highest BCUT2D eigenvalue weighted by atomic mass is 32.2. The number of hydrogen-bond donors (Lipinski definition) is 1. The first-order valence-electron chi connectivity index (χ1n) is 8.10. The second-order valence-electron chi connectivity index (χ2n) is 6.12. The van der Waals surface area contributed by atoms with Crippen molar-refractivity contribution in [2.24, 2.45) is 5.92 Å². The van der Waals surface area contributed by atoms with Crippen LogP contribution in [0.2, 0.25) is 0 Å². The lowest BCUT2D eigenvalue weighted by Crippen LogP contribution is -2.38. The fourth-order valence-electron chi connectivity index (χ4n) is 2.82. The van der Waals surface area contributed by atoms with Gasteiger partial charge in [0.05, 0.1) is 11.4 Å². The van der Waals surface area contributed by atoms with E-state index in [-0.39, 0.29) is 5.91 Å². The van der Waals surface area contributed by atoms with Gasteiger partial charge in [0.25, 0.3) is 0 Å². The van der Waals surface area contributed by atoms with E-state index in [1.54, 1.807) is 11.0 Å². The van der Waals surface area contributed by atoms with Gasteiger partial charge in [-0.15, -0.1) is 5.10 Å². The van der Waals surface area contributed by atoms with Gasteiger partial charge in [-0.05, 0) is 43.7 Å². The number of para-hydroxylation sites is 1. The molecule has 23 heavy (non-hydrogen) atoms. The molecule has 1 fully saturated rings. The average molecular weight is 330 g/mol. The lowest BCUT2D eigenvalue weighted by Gasteiger charge is -2.26. The van der Waals surface area contributed by atoms with Crippen molar-refractivity contribution in [2.75, 3.05) is 5.75 Å². The van der Waals surface area contributed by atoms with Gasteiger partial charge in [0.2, 0.25) is 11.1 Å². The summed E-state index contributed by atoms with van der Waals surface area (Å²) in [6.07, 6.45) is 6.29.